The second-order valence-electron chi connectivity index (χ2n) is 19.7. The number of pyridine rings is 1. The van der Waals surface area contributed by atoms with Crippen LogP contribution in [-0.2, 0) is 26.5 Å². The molecule has 2 unspecified atom stereocenters. The Morgan fingerprint density at radius 1 is 0.632 bits per heavy atom. The Bertz CT molecular complexity index is 4280. The number of rotatable bonds is 3. The van der Waals surface area contributed by atoms with Crippen molar-refractivity contribution in [2.45, 2.75) is 72.8 Å². The predicted molar refractivity (Wildman–Crippen MR) is 267 cm³/mol. The van der Waals surface area contributed by atoms with Crippen LogP contribution in [0.1, 0.15) is 78.6 Å². The van der Waals surface area contributed by atoms with Crippen LogP contribution in [0.3, 0.4) is 0 Å². The Hall–Kier alpha value is -7.29. The molecular weight excluding hydrogens is 1020 g/mol. The van der Waals surface area contributed by atoms with E-state index in [-0.39, 0.29) is 38.4 Å². The standard InChI is InChI=1S/C57H45N9O.Pt/c1-30-14-11-15-31(2)47(30)52-34(5)48-37(54-59-24-25-62(52)54)27-44(53-49(48)36-18-9-10-21-45(36)67-53)65-41-29-43-42(28-40(41)63-38-19-12-16-32(3)50(38)60-55(63)65)64-39-20-13-17-33(4)51(39)61-56(64)66(43)46-26-35(22-23-58-46)57(6,7)8;/h9-26,28,34,52H,1-8H3;/q-2;+2. The molecule has 0 saturated heterocycles. The monoisotopic (exact) mass is 1070 g/mol. The summed E-state index contributed by atoms with van der Waals surface area (Å²) in [7, 11) is 0. The Balaban J connectivity index is 0.00000457. The number of aromatic nitrogens is 9. The molecule has 0 bridgehead atoms. The van der Waals surface area contributed by atoms with Crippen LogP contribution in [-0.4, -0.2) is 42.4 Å². The molecule has 0 spiro atoms. The summed E-state index contributed by atoms with van der Waals surface area (Å²) >= 11 is 0. The summed E-state index contributed by atoms with van der Waals surface area (Å²) in [6.45, 7) is 17.8. The summed E-state index contributed by atoms with van der Waals surface area (Å²) < 4.78 is 18.4. The van der Waals surface area contributed by atoms with Crippen LogP contribution in [0.25, 0.3) is 101 Å². The van der Waals surface area contributed by atoms with Crippen LogP contribution >= 0.6 is 0 Å². The Kier molecular flexibility index (Phi) is 8.50. The number of benzene rings is 6. The number of aryl methyl sites for hydroxylation is 4. The van der Waals surface area contributed by atoms with Crippen molar-refractivity contribution in [3.63, 3.8) is 0 Å². The predicted octanol–water partition coefficient (Wildman–Crippen LogP) is 13.2. The molecule has 0 radical (unpaired) electrons. The van der Waals surface area contributed by atoms with E-state index in [0.29, 0.717) is 0 Å². The van der Waals surface area contributed by atoms with Crippen molar-refractivity contribution in [2.75, 3.05) is 0 Å². The number of hydrogen-bond donors (Lipinski definition) is 0. The molecule has 7 aromatic heterocycles. The minimum absolute atomic E-state index is 0. The molecule has 68 heavy (non-hydrogen) atoms. The van der Waals surface area contributed by atoms with Crippen molar-refractivity contribution in [3.05, 3.63) is 167 Å². The van der Waals surface area contributed by atoms with E-state index < -0.39 is 0 Å². The van der Waals surface area contributed by atoms with Gasteiger partial charge in [-0.3, -0.25) is 9.55 Å². The van der Waals surface area contributed by atoms with E-state index in [1.807, 2.05) is 18.5 Å². The smallest absolute Gasteiger partial charge is 0.498 e. The normalized spacial score (nSPS) is 15.2. The maximum absolute atomic E-state index is 7.14. The molecular formula is C57H45N9OPt. The van der Waals surface area contributed by atoms with E-state index in [1.54, 1.807) is 0 Å². The third kappa shape index (κ3) is 5.32. The number of furan rings is 1. The molecule has 0 amide bonds. The maximum Gasteiger partial charge on any atom is 2.00 e. The molecule has 8 heterocycles. The van der Waals surface area contributed by atoms with Gasteiger partial charge in [0.15, 0.2) is 0 Å². The SMILES string of the molecule is Cc1cccc(C)c1C1C(C)c2c([c-]c(-n3c4[c-]c5c(cc4n4c6cccc(C)c6nc34)n3c4cccc(C)c4nc3n5-c3cc(C(C)(C)C)ccn3)c3oc4ccccc4c23)-c2nccn21.[Pt+2]. The largest absolute Gasteiger partial charge is 2.00 e. The first-order chi connectivity index (χ1) is 32.5. The van der Waals surface area contributed by atoms with E-state index in [2.05, 4.69) is 187 Å². The molecule has 0 fully saturated rings. The van der Waals surface area contributed by atoms with Gasteiger partial charge in [-0.1, -0.05) is 88.4 Å². The molecule has 11 heteroatoms. The molecule has 0 N–H and O–H groups in total. The molecule has 0 aliphatic carbocycles. The summed E-state index contributed by atoms with van der Waals surface area (Å²) in [5.41, 5.74) is 19.1. The van der Waals surface area contributed by atoms with Crippen LogP contribution in [0.15, 0.2) is 120 Å². The summed E-state index contributed by atoms with van der Waals surface area (Å²) in [4.78, 5) is 21.1. The zero-order chi connectivity index (χ0) is 45.4. The van der Waals surface area contributed by atoms with Crippen LogP contribution in [0.2, 0.25) is 0 Å². The number of imidazole rings is 5. The van der Waals surface area contributed by atoms with E-state index in [9.17, 15) is 0 Å². The minimum atomic E-state index is -0.102. The first-order valence-corrected chi connectivity index (χ1v) is 23.1. The quantitative estimate of drug-likeness (QED) is 0.165. The Labute approximate surface area is 405 Å². The summed E-state index contributed by atoms with van der Waals surface area (Å²) in [6, 6.07) is 42.5. The number of nitrogens with zero attached hydrogens (tertiary/aromatic N) is 9. The number of fused-ring (bicyclic) bond motifs is 17. The fourth-order valence-electron chi connectivity index (χ4n) is 11.5. The molecule has 1 aliphatic heterocycles. The first-order valence-electron chi connectivity index (χ1n) is 23.1. The molecule has 14 rings (SSSR count). The number of hydrogen-bond acceptors (Lipinski definition) is 5. The molecule has 0 saturated carbocycles. The van der Waals surface area contributed by atoms with Gasteiger partial charge in [0.25, 0.3) is 0 Å². The Morgan fingerprint density at radius 2 is 1.26 bits per heavy atom. The minimum Gasteiger partial charge on any atom is -0.498 e. The van der Waals surface area contributed by atoms with Gasteiger partial charge in [-0.15, -0.1) is 29.3 Å². The van der Waals surface area contributed by atoms with Gasteiger partial charge < -0.3 is 22.4 Å². The second kappa shape index (κ2) is 14.1. The molecule has 1 aliphatic rings. The van der Waals surface area contributed by atoms with E-state index in [1.165, 1.54) is 27.8 Å². The van der Waals surface area contributed by atoms with Crippen molar-refractivity contribution in [1.29, 1.82) is 0 Å². The van der Waals surface area contributed by atoms with Gasteiger partial charge in [-0.25, -0.2) is 15.0 Å². The molecule has 334 valence electrons. The van der Waals surface area contributed by atoms with Crippen LogP contribution < -0.4 is 0 Å². The van der Waals surface area contributed by atoms with Crippen molar-refractivity contribution >= 4 is 77.6 Å². The third-order valence-corrected chi connectivity index (χ3v) is 14.7. The average molecular weight is 1070 g/mol. The van der Waals surface area contributed by atoms with Crippen LogP contribution in [0.5, 0.6) is 0 Å². The third-order valence-electron chi connectivity index (χ3n) is 14.7. The first kappa shape index (κ1) is 40.9. The average Bonchev–Trinajstić information content (AvgIpc) is 4.17. The molecule has 6 aromatic carbocycles. The van der Waals surface area contributed by atoms with Crippen molar-refractivity contribution in [3.8, 4) is 22.9 Å². The van der Waals surface area contributed by atoms with Crippen LogP contribution in [0.4, 0.5) is 0 Å². The molecule has 10 nitrogen and oxygen atoms in total. The van der Waals surface area contributed by atoms with E-state index >= 15 is 0 Å². The zero-order valence-electron chi connectivity index (χ0n) is 38.9. The van der Waals surface area contributed by atoms with Gasteiger partial charge in [0.05, 0.1) is 39.5 Å². The summed E-state index contributed by atoms with van der Waals surface area (Å²) in [5.74, 6) is 3.21. The topological polar surface area (TPSA) is 88.3 Å². The van der Waals surface area contributed by atoms with E-state index in [0.717, 1.165) is 112 Å². The van der Waals surface area contributed by atoms with Gasteiger partial charge in [0.2, 0.25) is 11.6 Å². The summed E-state index contributed by atoms with van der Waals surface area (Å²) in [6.07, 6.45) is 5.97. The molecule has 2 atom stereocenters. The second-order valence-corrected chi connectivity index (χ2v) is 19.7. The number of para-hydroxylation sites is 3. The van der Waals surface area contributed by atoms with Crippen molar-refractivity contribution in [2.24, 2.45) is 0 Å². The molecule has 13 aromatic rings. The fraction of sp³-hybridized carbons (Fsp3) is 0.193. The zero-order valence-corrected chi connectivity index (χ0v) is 41.1. The van der Waals surface area contributed by atoms with Gasteiger partial charge in [-0.2, -0.15) is 0 Å². The Morgan fingerprint density at radius 3 is 1.96 bits per heavy atom. The van der Waals surface area contributed by atoms with Gasteiger partial charge in [-0.05, 0) is 130 Å². The van der Waals surface area contributed by atoms with Crippen molar-refractivity contribution < 1.29 is 25.5 Å². The van der Waals surface area contributed by atoms with Crippen LogP contribution in [0, 0.1) is 39.8 Å². The summed E-state index contributed by atoms with van der Waals surface area (Å²) in [5, 5.41) is 2.12. The van der Waals surface area contributed by atoms with E-state index in [4.69, 9.17) is 24.4 Å². The van der Waals surface area contributed by atoms with Gasteiger partial charge in [0.1, 0.15) is 11.4 Å². The maximum atomic E-state index is 7.14. The fourth-order valence-corrected chi connectivity index (χ4v) is 11.5. The van der Waals surface area contributed by atoms with Crippen molar-refractivity contribution in [1.82, 2.24) is 42.4 Å². The van der Waals surface area contributed by atoms with Gasteiger partial charge >= 0.3 is 21.1 Å². The van der Waals surface area contributed by atoms with Gasteiger partial charge in [0, 0.05) is 29.7 Å².